The second-order valence-electron chi connectivity index (χ2n) is 5.13. The number of rotatable bonds is 6. The van der Waals surface area contributed by atoms with Crippen LogP contribution in [0.3, 0.4) is 0 Å². The largest absolute Gasteiger partial charge is 0.385 e. The van der Waals surface area contributed by atoms with Crippen molar-refractivity contribution in [2.75, 3.05) is 46.6 Å². The quantitative estimate of drug-likeness (QED) is 0.547. The van der Waals surface area contributed by atoms with E-state index in [0.29, 0.717) is 39.5 Å². The maximum Gasteiger partial charge on any atom is 0.237 e. The Labute approximate surface area is 114 Å². The molecule has 2 amide bonds. The minimum Gasteiger partial charge on any atom is -0.385 e. The second kappa shape index (κ2) is 7.45. The summed E-state index contributed by atoms with van der Waals surface area (Å²) in [6.45, 7) is 6.63. The molecule has 1 N–H and O–H groups in total. The van der Waals surface area contributed by atoms with Gasteiger partial charge in [-0.25, -0.2) is 0 Å². The summed E-state index contributed by atoms with van der Waals surface area (Å²) in [7, 11) is 1.62. The van der Waals surface area contributed by atoms with Crippen LogP contribution in [0.1, 0.15) is 20.3 Å². The summed E-state index contributed by atoms with van der Waals surface area (Å²) in [6, 6.07) is 0. The van der Waals surface area contributed by atoms with Crippen molar-refractivity contribution in [1.82, 2.24) is 10.2 Å². The Bertz CT molecular complexity index is 312. The molecule has 0 radical (unpaired) electrons. The van der Waals surface area contributed by atoms with Crippen molar-refractivity contribution in [3.05, 3.63) is 0 Å². The molecule has 1 fully saturated rings. The Balaban J connectivity index is 2.47. The van der Waals surface area contributed by atoms with Crippen LogP contribution in [0.5, 0.6) is 0 Å². The SMILES string of the molecule is COCCCNC(=O)C(C)(C)C(=O)N1CCOCC1. The van der Waals surface area contributed by atoms with Crippen molar-refractivity contribution in [2.24, 2.45) is 5.41 Å². The zero-order chi connectivity index (χ0) is 14.3. The fourth-order valence-corrected chi connectivity index (χ4v) is 1.90. The zero-order valence-corrected chi connectivity index (χ0v) is 12.0. The molecular weight excluding hydrogens is 248 g/mol. The number of nitrogens with one attached hydrogen (secondary N) is 1. The first kappa shape index (κ1) is 15.9. The van der Waals surface area contributed by atoms with Crippen molar-refractivity contribution >= 4 is 11.8 Å². The lowest BCUT2D eigenvalue weighted by Gasteiger charge is -2.33. The van der Waals surface area contributed by atoms with E-state index >= 15 is 0 Å². The van der Waals surface area contributed by atoms with Gasteiger partial charge in [0.25, 0.3) is 0 Å². The molecule has 19 heavy (non-hydrogen) atoms. The van der Waals surface area contributed by atoms with Crippen LogP contribution in [-0.4, -0.2) is 63.3 Å². The molecule has 0 saturated carbocycles. The van der Waals surface area contributed by atoms with E-state index in [0.717, 1.165) is 6.42 Å². The Morgan fingerprint density at radius 2 is 1.95 bits per heavy atom. The molecule has 1 heterocycles. The number of amides is 2. The van der Waals surface area contributed by atoms with Crippen LogP contribution in [0.2, 0.25) is 0 Å². The number of hydrogen-bond acceptors (Lipinski definition) is 4. The molecule has 1 rings (SSSR count). The fraction of sp³-hybridized carbons (Fsp3) is 0.846. The summed E-state index contributed by atoms with van der Waals surface area (Å²) in [6.07, 6.45) is 0.740. The van der Waals surface area contributed by atoms with Crippen LogP contribution < -0.4 is 5.32 Å². The van der Waals surface area contributed by atoms with Gasteiger partial charge in [0, 0.05) is 33.4 Å². The van der Waals surface area contributed by atoms with Crippen molar-refractivity contribution in [3.63, 3.8) is 0 Å². The number of ether oxygens (including phenoxy) is 2. The Morgan fingerprint density at radius 3 is 2.53 bits per heavy atom. The number of nitrogens with zero attached hydrogens (tertiary/aromatic N) is 1. The van der Waals surface area contributed by atoms with Crippen LogP contribution >= 0.6 is 0 Å². The highest BCUT2D eigenvalue weighted by molar-refractivity contribution is 6.04. The molecule has 6 heteroatoms. The molecule has 0 bridgehead atoms. The number of hydrogen-bond donors (Lipinski definition) is 1. The van der Waals surface area contributed by atoms with Gasteiger partial charge in [-0.1, -0.05) is 0 Å². The number of morpholine rings is 1. The number of carbonyl (C=O) groups excluding carboxylic acids is 2. The topological polar surface area (TPSA) is 67.9 Å². The van der Waals surface area contributed by atoms with Crippen molar-refractivity contribution in [2.45, 2.75) is 20.3 Å². The highest BCUT2D eigenvalue weighted by atomic mass is 16.5. The van der Waals surface area contributed by atoms with E-state index in [1.165, 1.54) is 0 Å². The molecule has 1 aliphatic rings. The van der Waals surface area contributed by atoms with Crippen molar-refractivity contribution < 1.29 is 19.1 Å². The van der Waals surface area contributed by atoms with Crippen molar-refractivity contribution in [1.29, 1.82) is 0 Å². The molecule has 1 aliphatic heterocycles. The normalized spacial score (nSPS) is 16.3. The van der Waals surface area contributed by atoms with Gasteiger partial charge in [-0.05, 0) is 20.3 Å². The van der Waals surface area contributed by atoms with Gasteiger partial charge in [-0.15, -0.1) is 0 Å². The van der Waals surface area contributed by atoms with Gasteiger partial charge in [0.1, 0.15) is 5.41 Å². The third-order valence-corrected chi connectivity index (χ3v) is 3.21. The van der Waals surface area contributed by atoms with Gasteiger partial charge in [0.15, 0.2) is 0 Å². The van der Waals surface area contributed by atoms with Gasteiger partial charge in [0.2, 0.25) is 11.8 Å². The summed E-state index contributed by atoms with van der Waals surface area (Å²) in [5, 5.41) is 2.78. The van der Waals surface area contributed by atoms with E-state index < -0.39 is 5.41 Å². The highest BCUT2D eigenvalue weighted by Crippen LogP contribution is 2.20. The lowest BCUT2D eigenvalue weighted by Crippen LogP contribution is -2.52. The monoisotopic (exact) mass is 272 g/mol. The number of carbonyl (C=O) groups is 2. The summed E-state index contributed by atoms with van der Waals surface area (Å²) in [5.41, 5.74) is -1.04. The van der Waals surface area contributed by atoms with Gasteiger partial charge in [-0.2, -0.15) is 0 Å². The molecule has 0 atom stereocenters. The first-order chi connectivity index (χ1) is 9.00. The number of methoxy groups -OCH3 is 1. The van der Waals surface area contributed by atoms with E-state index in [9.17, 15) is 9.59 Å². The fourth-order valence-electron chi connectivity index (χ4n) is 1.90. The molecule has 0 aromatic rings. The molecule has 0 aromatic carbocycles. The summed E-state index contributed by atoms with van der Waals surface area (Å²) in [5.74, 6) is -0.375. The van der Waals surface area contributed by atoms with Gasteiger partial charge < -0.3 is 19.7 Å². The van der Waals surface area contributed by atoms with Crippen LogP contribution in [-0.2, 0) is 19.1 Å². The minimum atomic E-state index is -1.04. The van der Waals surface area contributed by atoms with E-state index in [-0.39, 0.29) is 11.8 Å². The average molecular weight is 272 g/mol. The predicted molar refractivity (Wildman–Crippen MR) is 70.7 cm³/mol. The van der Waals surface area contributed by atoms with Crippen LogP contribution in [0.15, 0.2) is 0 Å². The highest BCUT2D eigenvalue weighted by Gasteiger charge is 2.39. The molecular formula is C13H24N2O4. The third kappa shape index (κ3) is 4.47. The Hall–Kier alpha value is -1.14. The van der Waals surface area contributed by atoms with E-state index in [2.05, 4.69) is 5.32 Å². The Kier molecular flexibility index (Phi) is 6.24. The van der Waals surface area contributed by atoms with Crippen LogP contribution in [0.25, 0.3) is 0 Å². The molecule has 0 aliphatic carbocycles. The zero-order valence-electron chi connectivity index (χ0n) is 12.0. The summed E-state index contributed by atoms with van der Waals surface area (Å²) < 4.78 is 10.1. The second-order valence-corrected chi connectivity index (χ2v) is 5.13. The smallest absolute Gasteiger partial charge is 0.237 e. The lowest BCUT2D eigenvalue weighted by atomic mass is 9.90. The minimum absolute atomic E-state index is 0.139. The maximum absolute atomic E-state index is 12.3. The lowest BCUT2D eigenvalue weighted by molar-refractivity contribution is -0.151. The molecule has 6 nitrogen and oxygen atoms in total. The standard InChI is InChI=1S/C13H24N2O4/c1-13(2,11(16)14-5-4-8-18-3)12(17)15-6-9-19-10-7-15/h4-10H2,1-3H3,(H,14,16). The van der Waals surface area contributed by atoms with E-state index in [1.807, 2.05) is 0 Å². The molecule has 110 valence electrons. The average Bonchev–Trinajstić information content (AvgIpc) is 2.43. The van der Waals surface area contributed by atoms with E-state index in [1.54, 1.807) is 25.9 Å². The van der Waals surface area contributed by atoms with Crippen molar-refractivity contribution in [3.8, 4) is 0 Å². The van der Waals surface area contributed by atoms with E-state index in [4.69, 9.17) is 9.47 Å². The Morgan fingerprint density at radius 1 is 1.32 bits per heavy atom. The third-order valence-electron chi connectivity index (χ3n) is 3.21. The molecule has 0 unspecified atom stereocenters. The first-order valence-electron chi connectivity index (χ1n) is 6.64. The van der Waals surface area contributed by atoms with Crippen LogP contribution in [0.4, 0.5) is 0 Å². The summed E-state index contributed by atoms with van der Waals surface area (Å²) >= 11 is 0. The molecule has 0 aromatic heterocycles. The maximum atomic E-state index is 12.3. The summed E-state index contributed by atoms with van der Waals surface area (Å²) in [4.78, 5) is 26.1. The molecule has 1 saturated heterocycles. The first-order valence-corrected chi connectivity index (χ1v) is 6.64. The van der Waals surface area contributed by atoms with Gasteiger partial charge in [0.05, 0.1) is 13.2 Å². The van der Waals surface area contributed by atoms with Gasteiger partial charge in [-0.3, -0.25) is 9.59 Å². The molecule has 0 spiro atoms. The predicted octanol–water partition coefficient (Wildman–Crippen LogP) is 0.0241. The van der Waals surface area contributed by atoms with Crippen LogP contribution in [0, 0.1) is 5.41 Å². The van der Waals surface area contributed by atoms with Gasteiger partial charge >= 0.3 is 0 Å².